The minimum absolute atomic E-state index is 0.0436. The SMILES string of the molecule is COc1ccc(Br)c(C(=O)NC(c2ccccc2)C(C)(C)N2CCCC2C)c1F. The molecule has 1 fully saturated rings. The van der Waals surface area contributed by atoms with Crippen LogP contribution in [0.15, 0.2) is 46.9 Å². The van der Waals surface area contributed by atoms with Gasteiger partial charge in [-0.1, -0.05) is 30.3 Å². The fourth-order valence-corrected chi connectivity index (χ4v) is 4.86. The molecule has 2 atom stereocenters. The average Bonchev–Trinajstić information content (AvgIpc) is 3.13. The number of carbonyl (C=O) groups excluding carboxylic acids is 1. The zero-order chi connectivity index (χ0) is 21.2. The molecule has 2 unspecified atom stereocenters. The number of nitrogens with one attached hydrogen (secondary N) is 1. The number of halogens is 2. The van der Waals surface area contributed by atoms with Crippen LogP contribution in [0.5, 0.6) is 5.75 Å². The third kappa shape index (κ3) is 4.33. The topological polar surface area (TPSA) is 41.6 Å². The molecule has 1 N–H and O–H groups in total. The number of hydrogen-bond acceptors (Lipinski definition) is 3. The Morgan fingerprint density at radius 2 is 1.97 bits per heavy atom. The quantitative estimate of drug-likeness (QED) is 0.630. The Kier molecular flexibility index (Phi) is 6.64. The van der Waals surface area contributed by atoms with Crippen molar-refractivity contribution in [1.29, 1.82) is 0 Å². The molecule has 1 saturated heterocycles. The van der Waals surface area contributed by atoms with Crippen LogP contribution >= 0.6 is 15.9 Å². The zero-order valence-electron chi connectivity index (χ0n) is 17.3. The fraction of sp³-hybridized carbons (Fsp3) is 0.435. The van der Waals surface area contributed by atoms with Crippen molar-refractivity contribution in [2.45, 2.75) is 51.2 Å². The van der Waals surface area contributed by atoms with Crippen molar-refractivity contribution in [3.8, 4) is 5.75 Å². The lowest BCUT2D eigenvalue weighted by molar-refractivity contribution is 0.0629. The summed E-state index contributed by atoms with van der Waals surface area (Å²) in [6.45, 7) is 7.48. The van der Waals surface area contributed by atoms with Gasteiger partial charge in [0, 0.05) is 16.1 Å². The molecular weight excluding hydrogens is 435 g/mol. The number of hydrogen-bond donors (Lipinski definition) is 1. The lowest BCUT2D eigenvalue weighted by Gasteiger charge is -2.45. The summed E-state index contributed by atoms with van der Waals surface area (Å²) in [6.07, 6.45) is 2.27. The highest BCUT2D eigenvalue weighted by molar-refractivity contribution is 9.10. The second kappa shape index (κ2) is 8.84. The number of likely N-dealkylation sites (tertiary alicyclic amines) is 1. The Morgan fingerprint density at radius 1 is 1.28 bits per heavy atom. The Balaban J connectivity index is 2.00. The van der Waals surface area contributed by atoms with Gasteiger partial charge in [-0.15, -0.1) is 0 Å². The maximum atomic E-state index is 14.9. The molecule has 1 amide bonds. The van der Waals surface area contributed by atoms with E-state index in [1.807, 2.05) is 30.3 Å². The Bertz CT molecular complexity index is 873. The Labute approximate surface area is 180 Å². The zero-order valence-corrected chi connectivity index (χ0v) is 18.9. The van der Waals surface area contributed by atoms with E-state index < -0.39 is 11.7 Å². The second-order valence-electron chi connectivity index (χ2n) is 8.09. The van der Waals surface area contributed by atoms with E-state index in [4.69, 9.17) is 4.74 Å². The number of amides is 1. The van der Waals surface area contributed by atoms with E-state index >= 15 is 0 Å². The summed E-state index contributed by atoms with van der Waals surface area (Å²) < 4.78 is 20.3. The number of carbonyl (C=O) groups is 1. The summed E-state index contributed by atoms with van der Waals surface area (Å²) in [5.41, 5.74) is 0.592. The van der Waals surface area contributed by atoms with Gasteiger partial charge in [0.05, 0.1) is 18.7 Å². The summed E-state index contributed by atoms with van der Waals surface area (Å²) in [7, 11) is 1.39. The molecule has 29 heavy (non-hydrogen) atoms. The van der Waals surface area contributed by atoms with E-state index in [0.717, 1.165) is 24.9 Å². The van der Waals surface area contributed by atoms with E-state index in [2.05, 4.69) is 46.9 Å². The van der Waals surface area contributed by atoms with Gasteiger partial charge in [0.25, 0.3) is 5.91 Å². The van der Waals surface area contributed by atoms with E-state index in [9.17, 15) is 9.18 Å². The highest BCUT2D eigenvalue weighted by atomic mass is 79.9. The molecule has 0 aromatic heterocycles. The third-order valence-corrected chi connectivity index (χ3v) is 6.57. The lowest BCUT2D eigenvalue weighted by atomic mass is 9.86. The second-order valence-corrected chi connectivity index (χ2v) is 8.95. The molecule has 6 heteroatoms. The van der Waals surface area contributed by atoms with Crippen LogP contribution in [0, 0.1) is 5.82 Å². The van der Waals surface area contributed by atoms with Crippen LogP contribution in [0.3, 0.4) is 0 Å². The van der Waals surface area contributed by atoms with Crippen LogP contribution in [0.2, 0.25) is 0 Å². The van der Waals surface area contributed by atoms with Crippen LogP contribution in [-0.4, -0.2) is 36.0 Å². The van der Waals surface area contributed by atoms with Gasteiger partial charge < -0.3 is 10.1 Å². The molecule has 4 nitrogen and oxygen atoms in total. The first kappa shape index (κ1) is 21.8. The molecular formula is C23H28BrFN2O2. The molecule has 0 saturated carbocycles. The van der Waals surface area contributed by atoms with Gasteiger partial charge in [0.1, 0.15) is 0 Å². The number of benzene rings is 2. The van der Waals surface area contributed by atoms with E-state index in [-0.39, 0.29) is 22.9 Å². The first-order chi connectivity index (χ1) is 13.8. The average molecular weight is 463 g/mol. The van der Waals surface area contributed by atoms with Crippen molar-refractivity contribution in [3.05, 3.63) is 63.9 Å². The highest BCUT2D eigenvalue weighted by Crippen LogP contribution is 2.37. The van der Waals surface area contributed by atoms with Gasteiger partial charge in [0.2, 0.25) is 0 Å². The van der Waals surface area contributed by atoms with Crippen molar-refractivity contribution < 1.29 is 13.9 Å². The number of ether oxygens (including phenoxy) is 1. The van der Waals surface area contributed by atoms with Gasteiger partial charge in [-0.2, -0.15) is 0 Å². The van der Waals surface area contributed by atoms with Crippen LogP contribution in [-0.2, 0) is 0 Å². The van der Waals surface area contributed by atoms with Gasteiger partial charge >= 0.3 is 0 Å². The van der Waals surface area contributed by atoms with Crippen molar-refractivity contribution in [3.63, 3.8) is 0 Å². The van der Waals surface area contributed by atoms with E-state index in [1.165, 1.54) is 13.2 Å². The van der Waals surface area contributed by atoms with Gasteiger partial charge in [0.15, 0.2) is 11.6 Å². The summed E-state index contributed by atoms with van der Waals surface area (Å²) in [5, 5.41) is 3.11. The van der Waals surface area contributed by atoms with Crippen molar-refractivity contribution in [1.82, 2.24) is 10.2 Å². The van der Waals surface area contributed by atoms with Crippen LogP contribution in [0.1, 0.15) is 55.6 Å². The molecule has 3 rings (SSSR count). The van der Waals surface area contributed by atoms with Crippen molar-refractivity contribution in [2.24, 2.45) is 0 Å². The van der Waals surface area contributed by atoms with Gasteiger partial charge in [-0.05, 0) is 73.8 Å². The molecule has 0 spiro atoms. The first-order valence-corrected chi connectivity index (χ1v) is 10.7. The molecule has 0 bridgehead atoms. The van der Waals surface area contributed by atoms with Gasteiger partial charge in [-0.3, -0.25) is 9.69 Å². The first-order valence-electron chi connectivity index (χ1n) is 9.92. The standard InChI is InChI=1S/C23H28BrFN2O2/c1-15-9-8-14-27(15)23(2,3)21(16-10-6-5-7-11-16)26-22(28)19-17(24)12-13-18(29-4)20(19)25/h5-7,10-13,15,21H,8-9,14H2,1-4H3,(H,26,28). The summed E-state index contributed by atoms with van der Waals surface area (Å²) in [5.74, 6) is -1.09. The third-order valence-electron chi connectivity index (χ3n) is 5.91. The summed E-state index contributed by atoms with van der Waals surface area (Å²) in [6, 6.07) is 13.1. The van der Waals surface area contributed by atoms with E-state index in [0.29, 0.717) is 10.5 Å². The molecule has 0 radical (unpaired) electrons. The molecule has 1 heterocycles. The number of nitrogens with zero attached hydrogens (tertiary/aromatic N) is 1. The van der Waals surface area contributed by atoms with E-state index in [1.54, 1.807) is 6.07 Å². The van der Waals surface area contributed by atoms with Crippen molar-refractivity contribution in [2.75, 3.05) is 13.7 Å². The maximum absolute atomic E-state index is 14.9. The monoisotopic (exact) mass is 462 g/mol. The minimum atomic E-state index is -0.668. The molecule has 1 aliphatic rings. The minimum Gasteiger partial charge on any atom is -0.494 e. The van der Waals surface area contributed by atoms with Gasteiger partial charge in [-0.25, -0.2) is 4.39 Å². The Hall–Kier alpha value is -1.92. The van der Waals surface area contributed by atoms with Crippen LogP contribution in [0.4, 0.5) is 4.39 Å². The molecule has 0 aliphatic carbocycles. The smallest absolute Gasteiger partial charge is 0.256 e. The maximum Gasteiger partial charge on any atom is 0.256 e. The van der Waals surface area contributed by atoms with Crippen LogP contribution in [0.25, 0.3) is 0 Å². The predicted octanol–water partition coefficient (Wildman–Crippen LogP) is 5.33. The molecule has 156 valence electrons. The molecule has 2 aromatic rings. The lowest BCUT2D eigenvalue weighted by Crippen LogP contribution is -2.55. The Morgan fingerprint density at radius 3 is 2.55 bits per heavy atom. The number of methoxy groups -OCH3 is 1. The fourth-order valence-electron chi connectivity index (χ4n) is 4.37. The van der Waals surface area contributed by atoms with Crippen LogP contribution < -0.4 is 10.1 Å². The number of rotatable bonds is 6. The molecule has 1 aliphatic heterocycles. The largest absolute Gasteiger partial charge is 0.494 e. The highest BCUT2D eigenvalue weighted by Gasteiger charge is 2.41. The summed E-state index contributed by atoms with van der Waals surface area (Å²) in [4.78, 5) is 15.7. The summed E-state index contributed by atoms with van der Waals surface area (Å²) >= 11 is 3.32. The predicted molar refractivity (Wildman–Crippen MR) is 117 cm³/mol. The normalized spacial score (nSPS) is 18.5. The molecule has 2 aromatic carbocycles. The van der Waals surface area contributed by atoms with Crippen molar-refractivity contribution >= 4 is 21.8 Å².